The Bertz CT molecular complexity index is 384. The van der Waals surface area contributed by atoms with E-state index >= 15 is 0 Å². The summed E-state index contributed by atoms with van der Waals surface area (Å²) in [6.45, 7) is -0.472. The van der Waals surface area contributed by atoms with Crippen molar-refractivity contribution in [3.63, 3.8) is 0 Å². The third-order valence-electron chi connectivity index (χ3n) is 1.62. The lowest BCUT2D eigenvalue weighted by Gasteiger charge is -1.89. The maximum absolute atomic E-state index is 10.4. The van der Waals surface area contributed by atoms with E-state index in [0.29, 0.717) is 5.82 Å². The van der Waals surface area contributed by atoms with Gasteiger partial charge in [0.2, 0.25) is 5.82 Å². The predicted molar refractivity (Wildman–Crippen MR) is 44.1 cm³/mol. The first-order valence-electron chi connectivity index (χ1n) is 3.86. The highest BCUT2D eigenvalue weighted by Gasteiger charge is 2.06. The van der Waals surface area contributed by atoms with Gasteiger partial charge >= 0.3 is 0 Å². The number of hydrogen-bond donors (Lipinski definition) is 0. The summed E-state index contributed by atoms with van der Waals surface area (Å²) in [6.07, 6.45) is 0. The predicted octanol–water partition coefficient (Wildman–Crippen LogP) is 1.67. The second-order valence-corrected chi connectivity index (χ2v) is 2.52. The average molecular weight is 175 g/mol. The molecule has 0 aliphatic carbocycles. The van der Waals surface area contributed by atoms with Crippen LogP contribution in [0.4, 0.5) is 0 Å². The van der Waals surface area contributed by atoms with Crippen LogP contribution in [0.25, 0.3) is 11.4 Å². The number of benzene rings is 1. The molecule has 13 heavy (non-hydrogen) atoms. The Labute approximate surface area is 74.8 Å². The number of rotatable bonds is 2. The van der Waals surface area contributed by atoms with Crippen LogP contribution in [0, 0.1) is 0 Å². The van der Waals surface area contributed by atoms with Gasteiger partial charge in [-0.2, -0.15) is 4.98 Å². The van der Waals surface area contributed by atoms with Crippen molar-refractivity contribution in [2.24, 2.45) is 0 Å². The van der Waals surface area contributed by atoms with Crippen LogP contribution in [0.1, 0.15) is 5.89 Å². The highest BCUT2D eigenvalue weighted by Crippen LogP contribution is 2.14. The van der Waals surface area contributed by atoms with Gasteiger partial charge in [0.1, 0.15) is 0 Å². The average Bonchev–Trinajstić information content (AvgIpc) is 2.67. The summed E-state index contributed by atoms with van der Waals surface area (Å²) in [6, 6.07) is 9.38. The molecule has 0 saturated carbocycles. The molecule has 2 rings (SSSR count). The SMILES string of the molecule is [O]Cc1nc(-c2ccccc2)no1. The van der Waals surface area contributed by atoms with E-state index in [-0.39, 0.29) is 5.89 Å². The normalized spacial score (nSPS) is 10.2. The molecule has 0 aliphatic rings. The summed E-state index contributed by atoms with van der Waals surface area (Å²) < 4.78 is 4.69. The topological polar surface area (TPSA) is 58.8 Å². The summed E-state index contributed by atoms with van der Waals surface area (Å²) in [5.74, 6) is 0.588. The van der Waals surface area contributed by atoms with Gasteiger partial charge in [-0.25, -0.2) is 5.11 Å². The number of aromatic nitrogens is 2. The van der Waals surface area contributed by atoms with E-state index in [1.165, 1.54) is 0 Å². The Balaban J connectivity index is 2.36. The first-order valence-corrected chi connectivity index (χ1v) is 3.86. The van der Waals surface area contributed by atoms with E-state index in [4.69, 9.17) is 4.52 Å². The van der Waals surface area contributed by atoms with Crippen molar-refractivity contribution in [3.05, 3.63) is 36.2 Å². The molecule has 0 spiro atoms. The van der Waals surface area contributed by atoms with Crippen LogP contribution in [0.3, 0.4) is 0 Å². The second-order valence-electron chi connectivity index (χ2n) is 2.52. The van der Waals surface area contributed by atoms with Gasteiger partial charge < -0.3 is 4.52 Å². The summed E-state index contributed by atoms with van der Waals surface area (Å²) in [5, 5.41) is 14.1. The lowest BCUT2D eigenvalue weighted by molar-refractivity contribution is 0.142. The van der Waals surface area contributed by atoms with E-state index in [0.717, 1.165) is 5.56 Å². The third kappa shape index (κ3) is 1.57. The Morgan fingerprint density at radius 2 is 2.00 bits per heavy atom. The minimum absolute atomic E-state index is 0.124. The van der Waals surface area contributed by atoms with Gasteiger partial charge in [-0.1, -0.05) is 35.5 Å². The van der Waals surface area contributed by atoms with Crippen LogP contribution in [-0.4, -0.2) is 10.1 Å². The molecule has 0 amide bonds. The Hall–Kier alpha value is -1.68. The number of hydrogen-bond acceptors (Lipinski definition) is 3. The molecule has 1 heterocycles. The molecular weight excluding hydrogens is 168 g/mol. The summed E-state index contributed by atoms with van der Waals surface area (Å²) in [4.78, 5) is 3.91. The largest absolute Gasteiger partial charge is 0.336 e. The smallest absolute Gasteiger partial charge is 0.256 e. The Morgan fingerprint density at radius 1 is 1.23 bits per heavy atom. The molecule has 0 aliphatic heterocycles. The van der Waals surface area contributed by atoms with Crippen molar-refractivity contribution < 1.29 is 9.63 Å². The molecule has 65 valence electrons. The van der Waals surface area contributed by atoms with Gasteiger partial charge in [-0.05, 0) is 0 Å². The third-order valence-corrected chi connectivity index (χ3v) is 1.62. The van der Waals surface area contributed by atoms with Gasteiger partial charge in [0.25, 0.3) is 5.89 Å². The van der Waals surface area contributed by atoms with Crippen LogP contribution in [0.2, 0.25) is 0 Å². The molecule has 0 fully saturated rings. The van der Waals surface area contributed by atoms with Crippen molar-refractivity contribution >= 4 is 0 Å². The summed E-state index contributed by atoms with van der Waals surface area (Å²) in [5.41, 5.74) is 0.853. The second kappa shape index (κ2) is 3.37. The van der Waals surface area contributed by atoms with Gasteiger partial charge in [-0.15, -0.1) is 0 Å². The maximum atomic E-state index is 10.4. The van der Waals surface area contributed by atoms with Gasteiger partial charge in [0, 0.05) is 5.56 Å². The molecule has 2 aromatic rings. The molecule has 0 saturated heterocycles. The molecule has 1 aromatic heterocycles. The van der Waals surface area contributed by atoms with Crippen molar-refractivity contribution in [1.82, 2.24) is 10.1 Å². The molecule has 4 nitrogen and oxygen atoms in total. The van der Waals surface area contributed by atoms with Gasteiger partial charge in [0.05, 0.1) is 0 Å². The van der Waals surface area contributed by atoms with E-state index in [9.17, 15) is 5.11 Å². The first-order chi connectivity index (χ1) is 6.40. The quantitative estimate of drug-likeness (QED) is 0.697. The van der Waals surface area contributed by atoms with Crippen LogP contribution in [0.15, 0.2) is 34.9 Å². The van der Waals surface area contributed by atoms with E-state index in [2.05, 4.69) is 10.1 Å². The molecule has 4 heteroatoms. The fourth-order valence-corrected chi connectivity index (χ4v) is 1.02. The monoisotopic (exact) mass is 175 g/mol. The van der Waals surface area contributed by atoms with Crippen LogP contribution in [-0.2, 0) is 11.7 Å². The standard InChI is InChI=1S/C9H7N2O2/c12-6-8-10-9(11-13-8)7-4-2-1-3-5-7/h1-5H,6H2. The highest BCUT2D eigenvalue weighted by atomic mass is 16.5. The lowest BCUT2D eigenvalue weighted by Crippen LogP contribution is -1.81. The minimum atomic E-state index is -0.472. The Morgan fingerprint density at radius 3 is 2.62 bits per heavy atom. The minimum Gasteiger partial charge on any atom is -0.336 e. The van der Waals surface area contributed by atoms with E-state index in [1.807, 2.05) is 30.3 Å². The number of nitrogens with zero attached hydrogens (tertiary/aromatic N) is 2. The summed E-state index contributed by atoms with van der Waals surface area (Å²) >= 11 is 0. The van der Waals surface area contributed by atoms with Crippen molar-refractivity contribution in [3.8, 4) is 11.4 Å². The highest BCUT2D eigenvalue weighted by molar-refractivity contribution is 5.53. The molecule has 1 radical (unpaired) electrons. The Kier molecular flexibility index (Phi) is 2.06. The molecule has 1 aromatic carbocycles. The zero-order valence-electron chi connectivity index (χ0n) is 6.80. The molecule has 0 bridgehead atoms. The van der Waals surface area contributed by atoms with Gasteiger partial charge in [-0.3, -0.25) is 0 Å². The molecule has 0 atom stereocenters. The zero-order chi connectivity index (χ0) is 9.10. The molecule has 0 N–H and O–H groups in total. The van der Waals surface area contributed by atoms with Crippen molar-refractivity contribution in [2.75, 3.05) is 0 Å². The van der Waals surface area contributed by atoms with Crippen molar-refractivity contribution in [2.45, 2.75) is 6.61 Å². The van der Waals surface area contributed by atoms with Crippen LogP contribution < -0.4 is 0 Å². The van der Waals surface area contributed by atoms with Crippen LogP contribution in [0.5, 0.6) is 0 Å². The molecular formula is C9H7N2O2. The molecule has 0 unspecified atom stereocenters. The maximum Gasteiger partial charge on any atom is 0.256 e. The van der Waals surface area contributed by atoms with Crippen LogP contribution >= 0.6 is 0 Å². The lowest BCUT2D eigenvalue weighted by atomic mass is 10.2. The fourth-order valence-electron chi connectivity index (χ4n) is 1.02. The summed E-state index contributed by atoms with van der Waals surface area (Å²) in [7, 11) is 0. The fraction of sp³-hybridized carbons (Fsp3) is 0.111. The zero-order valence-corrected chi connectivity index (χ0v) is 6.80. The van der Waals surface area contributed by atoms with E-state index < -0.39 is 6.61 Å². The first kappa shape index (κ1) is 7.94. The van der Waals surface area contributed by atoms with Crippen molar-refractivity contribution in [1.29, 1.82) is 0 Å². The van der Waals surface area contributed by atoms with E-state index in [1.54, 1.807) is 0 Å². The van der Waals surface area contributed by atoms with Gasteiger partial charge in [0.15, 0.2) is 6.61 Å².